The minimum Gasteiger partial charge on any atom is -0.327 e. The maximum Gasteiger partial charge on any atom is 0.225 e. The highest BCUT2D eigenvalue weighted by atomic mass is 16.1. The molecule has 0 radical (unpaired) electrons. The van der Waals surface area contributed by atoms with Crippen molar-refractivity contribution in [3.63, 3.8) is 0 Å². The summed E-state index contributed by atoms with van der Waals surface area (Å²) >= 11 is 0. The van der Waals surface area contributed by atoms with E-state index in [1.54, 1.807) is 12.4 Å². The number of nitrogens with two attached hydrogens (primary N) is 1. The van der Waals surface area contributed by atoms with Crippen LogP contribution >= 0.6 is 0 Å². The monoisotopic (exact) mass is 275 g/mol. The smallest absolute Gasteiger partial charge is 0.225 e. The summed E-state index contributed by atoms with van der Waals surface area (Å²) in [6, 6.07) is 2.03. The normalized spacial score (nSPS) is 12.8. The molecule has 1 unspecified atom stereocenters. The number of nitrogens with zero attached hydrogens (tertiary/aromatic N) is 3. The van der Waals surface area contributed by atoms with Crippen molar-refractivity contribution in [3.8, 4) is 0 Å². The van der Waals surface area contributed by atoms with Gasteiger partial charge in [0.25, 0.3) is 0 Å². The second-order valence-electron chi connectivity index (χ2n) is 5.24. The van der Waals surface area contributed by atoms with E-state index >= 15 is 0 Å². The maximum absolute atomic E-state index is 11.8. The fourth-order valence-corrected chi connectivity index (χ4v) is 1.98. The summed E-state index contributed by atoms with van der Waals surface area (Å²) in [5.74, 6) is -0.0863. The summed E-state index contributed by atoms with van der Waals surface area (Å²) in [4.78, 5) is 16.2. The van der Waals surface area contributed by atoms with E-state index in [0.29, 0.717) is 12.1 Å². The van der Waals surface area contributed by atoms with Gasteiger partial charge in [-0.15, -0.1) is 0 Å². The van der Waals surface area contributed by atoms with Crippen molar-refractivity contribution in [2.24, 2.45) is 5.73 Å². The van der Waals surface area contributed by atoms with E-state index in [9.17, 15) is 4.79 Å². The van der Waals surface area contributed by atoms with Crippen LogP contribution in [-0.2, 0) is 4.79 Å². The number of hydrogen-bond donors (Lipinski definition) is 2. The van der Waals surface area contributed by atoms with E-state index in [4.69, 9.17) is 5.73 Å². The van der Waals surface area contributed by atoms with Gasteiger partial charge in [-0.3, -0.25) is 4.79 Å². The molecule has 0 aliphatic rings. The molecule has 6 nitrogen and oxygen atoms in total. The number of pyridine rings is 1. The van der Waals surface area contributed by atoms with E-state index < -0.39 is 0 Å². The number of hydrogen-bond acceptors (Lipinski definition) is 4. The number of anilines is 1. The SMILES string of the molecule is CCC(N)CC(=O)Nc1cnc2c(cnn2C(C)C)c1. The molecule has 0 aliphatic heterocycles. The zero-order chi connectivity index (χ0) is 14.7. The van der Waals surface area contributed by atoms with Crippen molar-refractivity contribution in [1.29, 1.82) is 0 Å². The predicted molar refractivity (Wildman–Crippen MR) is 79.4 cm³/mol. The molecule has 0 aliphatic carbocycles. The van der Waals surface area contributed by atoms with Crippen molar-refractivity contribution >= 4 is 22.6 Å². The fourth-order valence-electron chi connectivity index (χ4n) is 1.98. The van der Waals surface area contributed by atoms with Crippen LogP contribution in [0, 0.1) is 0 Å². The Balaban J connectivity index is 2.14. The Morgan fingerprint density at radius 1 is 1.45 bits per heavy atom. The molecule has 1 amide bonds. The summed E-state index contributed by atoms with van der Waals surface area (Å²) in [5.41, 5.74) is 7.26. The number of nitrogens with one attached hydrogen (secondary N) is 1. The molecule has 6 heteroatoms. The van der Waals surface area contributed by atoms with Crippen LogP contribution in [0.3, 0.4) is 0 Å². The third kappa shape index (κ3) is 3.14. The van der Waals surface area contributed by atoms with Crippen LogP contribution in [0.4, 0.5) is 5.69 Å². The zero-order valence-corrected chi connectivity index (χ0v) is 12.1. The quantitative estimate of drug-likeness (QED) is 0.874. The third-order valence-electron chi connectivity index (χ3n) is 3.18. The largest absolute Gasteiger partial charge is 0.327 e. The summed E-state index contributed by atoms with van der Waals surface area (Å²) in [5, 5.41) is 8.03. The van der Waals surface area contributed by atoms with E-state index in [-0.39, 0.29) is 18.0 Å². The highest BCUT2D eigenvalue weighted by Crippen LogP contribution is 2.19. The Bertz CT molecular complexity index is 605. The van der Waals surface area contributed by atoms with Gasteiger partial charge in [-0.2, -0.15) is 5.10 Å². The summed E-state index contributed by atoms with van der Waals surface area (Å²) in [6.45, 7) is 6.07. The number of amides is 1. The predicted octanol–water partition coefficient (Wildman–Crippen LogP) is 2.08. The number of carbonyl (C=O) groups is 1. The lowest BCUT2D eigenvalue weighted by molar-refractivity contribution is -0.116. The van der Waals surface area contributed by atoms with Gasteiger partial charge >= 0.3 is 0 Å². The van der Waals surface area contributed by atoms with Crippen LogP contribution in [0.1, 0.15) is 39.7 Å². The van der Waals surface area contributed by atoms with Crippen LogP contribution in [0.5, 0.6) is 0 Å². The molecule has 2 aromatic heterocycles. The molecule has 0 saturated carbocycles. The molecule has 108 valence electrons. The first-order valence-corrected chi connectivity index (χ1v) is 6.90. The second-order valence-corrected chi connectivity index (χ2v) is 5.24. The van der Waals surface area contributed by atoms with Gasteiger partial charge in [0, 0.05) is 23.9 Å². The number of aromatic nitrogens is 3. The first kappa shape index (κ1) is 14.5. The van der Waals surface area contributed by atoms with E-state index in [1.807, 2.05) is 17.7 Å². The molecular weight excluding hydrogens is 254 g/mol. The molecule has 2 heterocycles. The first-order chi connectivity index (χ1) is 9.51. The van der Waals surface area contributed by atoms with E-state index in [1.165, 1.54) is 0 Å². The number of carbonyl (C=O) groups excluding carboxylic acids is 1. The van der Waals surface area contributed by atoms with Gasteiger partial charge < -0.3 is 11.1 Å². The highest BCUT2D eigenvalue weighted by Gasteiger charge is 2.11. The first-order valence-electron chi connectivity index (χ1n) is 6.90. The Hall–Kier alpha value is -1.95. The van der Waals surface area contributed by atoms with Crippen molar-refractivity contribution in [2.75, 3.05) is 5.32 Å². The molecule has 0 bridgehead atoms. The van der Waals surface area contributed by atoms with Crippen LogP contribution in [0.2, 0.25) is 0 Å². The lowest BCUT2D eigenvalue weighted by atomic mass is 10.1. The molecule has 2 aromatic rings. The van der Waals surface area contributed by atoms with Gasteiger partial charge in [-0.05, 0) is 26.3 Å². The highest BCUT2D eigenvalue weighted by molar-refractivity contribution is 5.92. The molecule has 0 fully saturated rings. The summed E-state index contributed by atoms with van der Waals surface area (Å²) in [6.07, 6.45) is 4.51. The van der Waals surface area contributed by atoms with Gasteiger partial charge in [0.15, 0.2) is 5.65 Å². The summed E-state index contributed by atoms with van der Waals surface area (Å²) < 4.78 is 1.86. The Labute approximate surface area is 118 Å². The maximum atomic E-state index is 11.8. The standard InChI is InChI=1S/C14H21N5O/c1-4-11(15)6-13(20)18-12-5-10-7-17-19(9(2)3)14(10)16-8-12/h5,7-9,11H,4,6,15H2,1-3H3,(H,18,20). The number of rotatable bonds is 5. The van der Waals surface area contributed by atoms with Crippen molar-refractivity contribution in [3.05, 3.63) is 18.5 Å². The van der Waals surface area contributed by atoms with Gasteiger partial charge in [-0.25, -0.2) is 9.67 Å². The second kappa shape index (κ2) is 6.00. The Morgan fingerprint density at radius 3 is 2.85 bits per heavy atom. The van der Waals surface area contributed by atoms with Gasteiger partial charge in [0.05, 0.1) is 18.1 Å². The molecule has 1 atom stereocenters. The average Bonchev–Trinajstić information content (AvgIpc) is 2.81. The number of fused-ring (bicyclic) bond motifs is 1. The van der Waals surface area contributed by atoms with Crippen molar-refractivity contribution in [1.82, 2.24) is 14.8 Å². The molecule has 20 heavy (non-hydrogen) atoms. The molecular formula is C14H21N5O. The fraction of sp³-hybridized carbons (Fsp3) is 0.500. The molecule has 0 spiro atoms. The van der Waals surface area contributed by atoms with E-state index in [2.05, 4.69) is 29.2 Å². The lowest BCUT2D eigenvalue weighted by Gasteiger charge is -2.10. The minimum absolute atomic E-state index is 0.0863. The van der Waals surface area contributed by atoms with Crippen molar-refractivity contribution < 1.29 is 4.79 Å². The third-order valence-corrected chi connectivity index (χ3v) is 3.18. The van der Waals surface area contributed by atoms with Crippen LogP contribution < -0.4 is 11.1 Å². The molecule has 2 rings (SSSR count). The molecule has 0 saturated heterocycles. The Morgan fingerprint density at radius 2 is 2.20 bits per heavy atom. The van der Waals surface area contributed by atoms with Crippen molar-refractivity contribution in [2.45, 2.75) is 45.7 Å². The molecule has 3 N–H and O–H groups in total. The van der Waals surface area contributed by atoms with Gasteiger partial charge in [0.2, 0.25) is 5.91 Å². The van der Waals surface area contributed by atoms with Crippen LogP contribution in [0.15, 0.2) is 18.5 Å². The van der Waals surface area contributed by atoms with Crippen LogP contribution in [0.25, 0.3) is 11.0 Å². The van der Waals surface area contributed by atoms with E-state index in [0.717, 1.165) is 17.5 Å². The topological polar surface area (TPSA) is 85.8 Å². The lowest BCUT2D eigenvalue weighted by Crippen LogP contribution is -2.26. The summed E-state index contributed by atoms with van der Waals surface area (Å²) in [7, 11) is 0. The van der Waals surface area contributed by atoms with Crippen LogP contribution in [-0.4, -0.2) is 26.7 Å². The Kier molecular flexibility index (Phi) is 4.34. The minimum atomic E-state index is -0.101. The average molecular weight is 275 g/mol. The van der Waals surface area contributed by atoms with Gasteiger partial charge in [0.1, 0.15) is 0 Å². The van der Waals surface area contributed by atoms with Gasteiger partial charge in [-0.1, -0.05) is 6.92 Å². The molecule has 0 aromatic carbocycles. The zero-order valence-electron chi connectivity index (χ0n) is 12.1.